The summed E-state index contributed by atoms with van der Waals surface area (Å²) in [5, 5.41) is 10.6. The second-order valence-electron chi connectivity index (χ2n) is 7.45. The van der Waals surface area contributed by atoms with Crippen molar-refractivity contribution in [3.63, 3.8) is 0 Å². The van der Waals surface area contributed by atoms with Crippen molar-refractivity contribution in [3.8, 4) is 0 Å². The van der Waals surface area contributed by atoms with Crippen LogP contribution in [0.25, 0.3) is 21.9 Å². The molecule has 1 saturated heterocycles. The molecule has 7 heteroatoms. The molecule has 2 fully saturated rings. The lowest BCUT2D eigenvalue weighted by molar-refractivity contribution is -0.134. The summed E-state index contributed by atoms with van der Waals surface area (Å²) in [4.78, 5) is 24.7. The summed E-state index contributed by atoms with van der Waals surface area (Å²) in [5.74, 6) is 0.345. The van der Waals surface area contributed by atoms with Crippen LogP contribution in [-0.4, -0.2) is 57.2 Å². The highest BCUT2D eigenvalue weighted by atomic mass is 16.2. The van der Waals surface area contributed by atoms with Crippen molar-refractivity contribution < 1.29 is 4.79 Å². The molecule has 1 N–H and O–H groups in total. The normalized spacial score (nSPS) is 20.7. The molecule has 1 aliphatic carbocycles. The SMILES string of the molecule is CN(C(=O)C1CCCN(c2cnnc3cnc4[nH]ccc4c23)C1)C1CC1. The number of hydrogen-bond acceptors (Lipinski definition) is 5. The topological polar surface area (TPSA) is 78.0 Å². The number of pyridine rings is 1. The first-order valence-electron chi connectivity index (χ1n) is 9.31. The molecule has 4 heterocycles. The first-order chi connectivity index (χ1) is 12.7. The minimum atomic E-state index is 0.0566. The molecule has 1 unspecified atom stereocenters. The van der Waals surface area contributed by atoms with E-state index in [4.69, 9.17) is 0 Å². The fourth-order valence-corrected chi connectivity index (χ4v) is 4.12. The van der Waals surface area contributed by atoms with Gasteiger partial charge in [-0.1, -0.05) is 0 Å². The molecule has 0 aromatic carbocycles. The van der Waals surface area contributed by atoms with E-state index in [-0.39, 0.29) is 11.8 Å². The highest BCUT2D eigenvalue weighted by Gasteiger charge is 2.35. The summed E-state index contributed by atoms with van der Waals surface area (Å²) >= 11 is 0. The Morgan fingerprint density at radius 2 is 2.19 bits per heavy atom. The second-order valence-corrected chi connectivity index (χ2v) is 7.45. The number of piperidine rings is 1. The average Bonchev–Trinajstić information content (AvgIpc) is 3.43. The van der Waals surface area contributed by atoms with Gasteiger partial charge in [0.15, 0.2) is 0 Å². The highest BCUT2D eigenvalue weighted by molar-refractivity contribution is 6.09. The van der Waals surface area contributed by atoms with Gasteiger partial charge in [-0.05, 0) is 31.7 Å². The molecule has 7 nitrogen and oxygen atoms in total. The lowest BCUT2D eigenvalue weighted by Gasteiger charge is -2.35. The van der Waals surface area contributed by atoms with Crippen LogP contribution in [0.1, 0.15) is 25.7 Å². The number of H-pyrrole nitrogens is 1. The second kappa shape index (κ2) is 5.93. The Balaban J connectivity index is 1.51. The fourth-order valence-electron chi connectivity index (χ4n) is 4.12. The Morgan fingerprint density at radius 1 is 1.31 bits per heavy atom. The number of amides is 1. The molecule has 0 bridgehead atoms. The van der Waals surface area contributed by atoms with Crippen LogP contribution in [0.2, 0.25) is 0 Å². The number of nitrogens with one attached hydrogen (secondary N) is 1. The number of hydrogen-bond donors (Lipinski definition) is 1. The van der Waals surface area contributed by atoms with E-state index in [0.717, 1.165) is 66.4 Å². The maximum absolute atomic E-state index is 12.8. The van der Waals surface area contributed by atoms with Crippen LogP contribution >= 0.6 is 0 Å². The Hall–Kier alpha value is -2.70. The lowest BCUT2D eigenvalue weighted by Crippen LogP contribution is -2.44. The van der Waals surface area contributed by atoms with Crippen molar-refractivity contribution in [2.45, 2.75) is 31.7 Å². The molecule has 5 rings (SSSR count). The number of carbonyl (C=O) groups excluding carboxylic acids is 1. The number of fused-ring (bicyclic) bond motifs is 3. The smallest absolute Gasteiger partial charge is 0.227 e. The van der Waals surface area contributed by atoms with Gasteiger partial charge in [-0.3, -0.25) is 4.79 Å². The van der Waals surface area contributed by atoms with Crippen LogP contribution < -0.4 is 4.90 Å². The number of aromatic amines is 1. The van der Waals surface area contributed by atoms with Crippen LogP contribution in [0.15, 0.2) is 24.7 Å². The molecule has 1 saturated carbocycles. The van der Waals surface area contributed by atoms with Gasteiger partial charge in [-0.2, -0.15) is 5.10 Å². The van der Waals surface area contributed by atoms with E-state index in [0.29, 0.717) is 6.04 Å². The zero-order chi connectivity index (χ0) is 17.7. The standard InChI is InChI=1S/C19H22N6O/c1-24(13-4-5-13)19(26)12-3-2-8-25(11-12)16-10-22-23-15-9-21-18-14(17(15)16)6-7-20-18/h6-7,9-10,12-13H,2-5,8,11H2,1H3,(H,20,21). The Bertz CT molecular complexity index is 978. The van der Waals surface area contributed by atoms with Crippen LogP contribution in [0.5, 0.6) is 0 Å². The third-order valence-electron chi connectivity index (χ3n) is 5.72. The Kier molecular flexibility index (Phi) is 3.55. The number of anilines is 1. The van der Waals surface area contributed by atoms with Gasteiger partial charge in [-0.15, -0.1) is 5.10 Å². The molecule has 1 amide bonds. The minimum absolute atomic E-state index is 0.0566. The zero-order valence-corrected chi connectivity index (χ0v) is 14.9. The summed E-state index contributed by atoms with van der Waals surface area (Å²) in [6, 6.07) is 2.50. The molecule has 1 aliphatic heterocycles. The summed E-state index contributed by atoms with van der Waals surface area (Å²) in [5.41, 5.74) is 2.69. The van der Waals surface area contributed by atoms with E-state index in [1.165, 1.54) is 0 Å². The van der Waals surface area contributed by atoms with E-state index in [2.05, 4.69) is 25.1 Å². The van der Waals surface area contributed by atoms with Crippen LogP contribution in [0.3, 0.4) is 0 Å². The van der Waals surface area contributed by atoms with Gasteiger partial charge in [0.25, 0.3) is 0 Å². The number of aromatic nitrogens is 4. The predicted octanol–water partition coefficient (Wildman–Crippen LogP) is 2.34. The quantitative estimate of drug-likeness (QED) is 0.784. The maximum atomic E-state index is 12.8. The van der Waals surface area contributed by atoms with Gasteiger partial charge in [0.05, 0.1) is 24.0 Å². The molecule has 0 spiro atoms. The van der Waals surface area contributed by atoms with Crippen molar-refractivity contribution >= 4 is 33.5 Å². The van der Waals surface area contributed by atoms with Gasteiger partial charge in [0, 0.05) is 43.1 Å². The van der Waals surface area contributed by atoms with E-state index in [1.54, 1.807) is 6.20 Å². The molecule has 1 atom stereocenters. The van der Waals surface area contributed by atoms with Crippen molar-refractivity contribution in [3.05, 3.63) is 24.7 Å². The molecule has 3 aromatic heterocycles. The first kappa shape index (κ1) is 15.5. The summed E-state index contributed by atoms with van der Waals surface area (Å²) in [7, 11) is 1.96. The fraction of sp³-hybridized carbons (Fsp3) is 0.474. The highest BCUT2D eigenvalue weighted by Crippen LogP contribution is 2.34. The molecule has 0 radical (unpaired) electrons. The summed E-state index contributed by atoms with van der Waals surface area (Å²) in [6.07, 6.45) is 9.76. The van der Waals surface area contributed by atoms with Crippen molar-refractivity contribution in [2.24, 2.45) is 5.92 Å². The summed E-state index contributed by atoms with van der Waals surface area (Å²) in [6.45, 7) is 1.68. The predicted molar refractivity (Wildman–Crippen MR) is 99.9 cm³/mol. The van der Waals surface area contributed by atoms with E-state index >= 15 is 0 Å². The largest absolute Gasteiger partial charge is 0.369 e. The maximum Gasteiger partial charge on any atom is 0.227 e. The summed E-state index contributed by atoms with van der Waals surface area (Å²) < 4.78 is 0. The van der Waals surface area contributed by atoms with Gasteiger partial charge < -0.3 is 14.8 Å². The third kappa shape index (κ3) is 2.50. The van der Waals surface area contributed by atoms with Gasteiger partial charge >= 0.3 is 0 Å². The Labute approximate surface area is 151 Å². The van der Waals surface area contributed by atoms with Gasteiger partial charge in [0.2, 0.25) is 5.91 Å². The van der Waals surface area contributed by atoms with Crippen LogP contribution in [0.4, 0.5) is 5.69 Å². The first-order valence-corrected chi connectivity index (χ1v) is 9.31. The Morgan fingerprint density at radius 3 is 3.04 bits per heavy atom. The van der Waals surface area contributed by atoms with Crippen molar-refractivity contribution in [2.75, 3.05) is 25.0 Å². The monoisotopic (exact) mass is 350 g/mol. The van der Waals surface area contributed by atoms with E-state index in [9.17, 15) is 4.79 Å². The molecular weight excluding hydrogens is 328 g/mol. The van der Waals surface area contributed by atoms with Gasteiger partial charge in [0.1, 0.15) is 11.2 Å². The van der Waals surface area contributed by atoms with Gasteiger partial charge in [-0.25, -0.2) is 4.98 Å². The molecule has 3 aromatic rings. The van der Waals surface area contributed by atoms with Crippen molar-refractivity contribution in [1.82, 2.24) is 25.1 Å². The van der Waals surface area contributed by atoms with Crippen LogP contribution in [0, 0.1) is 5.92 Å². The number of carbonyl (C=O) groups is 1. The molecule has 2 aliphatic rings. The van der Waals surface area contributed by atoms with Crippen molar-refractivity contribution in [1.29, 1.82) is 0 Å². The third-order valence-corrected chi connectivity index (χ3v) is 5.72. The zero-order valence-electron chi connectivity index (χ0n) is 14.9. The lowest BCUT2D eigenvalue weighted by atomic mass is 9.95. The minimum Gasteiger partial charge on any atom is -0.369 e. The van der Waals surface area contributed by atoms with E-state index < -0.39 is 0 Å². The van der Waals surface area contributed by atoms with Crippen LogP contribution in [-0.2, 0) is 4.79 Å². The molecule has 26 heavy (non-hydrogen) atoms. The molecular formula is C19H22N6O. The number of rotatable bonds is 3. The number of nitrogens with zero attached hydrogens (tertiary/aromatic N) is 5. The average molecular weight is 350 g/mol. The molecule has 134 valence electrons. The van der Waals surface area contributed by atoms with E-state index in [1.807, 2.05) is 30.4 Å².